The number of esters is 1. The van der Waals surface area contributed by atoms with Crippen LogP contribution >= 0.6 is 0 Å². The maximum absolute atomic E-state index is 14.2. The van der Waals surface area contributed by atoms with Crippen molar-refractivity contribution in [1.82, 2.24) is 20.2 Å². The molecule has 13 heteroatoms. The minimum Gasteiger partial charge on any atom is -0.448 e. The van der Waals surface area contributed by atoms with E-state index in [0.29, 0.717) is 35.5 Å². The Kier molecular flexibility index (Phi) is 8.74. The Balaban J connectivity index is 1.37. The number of amides is 3. The Morgan fingerprint density at radius 3 is 2.28 bits per heavy atom. The van der Waals surface area contributed by atoms with Gasteiger partial charge >= 0.3 is 12.1 Å². The number of carbonyl (C=O) groups is 4. The number of hydrogen-bond donors (Lipinski definition) is 1. The standard InChI is InChI=1S/C34H33N5O7S/c1-34(2,3)46-33(43)37-26-30(41)39-27(32(42)45-28(21-10-6-4-7-11-21)22-12-8-5-9-13-22)24(20-47(44)31(26)39)18-23-14-17-38(29(23)40)25-19-35-15-16-36-25/h4-13,15-16,18-19,26,28,31H,14,17,20H2,1-3H3,(H,37,43)/b23-18+/t26-,31-,47+/m1/s1. The number of fused-ring (bicyclic) bond motifs is 1. The summed E-state index contributed by atoms with van der Waals surface area (Å²) >= 11 is 0. The molecule has 0 bridgehead atoms. The van der Waals surface area contributed by atoms with Crippen molar-refractivity contribution < 1.29 is 32.9 Å². The van der Waals surface area contributed by atoms with Gasteiger partial charge in [0.25, 0.3) is 11.8 Å². The lowest BCUT2D eigenvalue weighted by Gasteiger charge is -2.49. The third kappa shape index (κ3) is 6.57. The van der Waals surface area contributed by atoms with E-state index in [1.807, 2.05) is 60.7 Å². The molecule has 3 atom stereocenters. The molecule has 3 aliphatic rings. The fourth-order valence-electron chi connectivity index (χ4n) is 5.69. The molecular formula is C34H33N5O7S. The summed E-state index contributed by atoms with van der Waals surface area (Å²) in [7, 11) is -1.75. The van der Waals surface area contributed by atoms with Gasteiger partial charge in [0.1, 0.15) is 22.7 Å². The van der Waals surface area contributed by atoms with E-state index in [4.69, 9.17) is 9.47 Å². The van der Waals surface area contributed by atoms with Crippen LogP contribution in [0.3, 0.4) is 0 Å². The Morgan fingerprint density at radius 1 is 1.02 bits per heavy atom. The van der Waals surface area contributed by atoms with Gasteiger partial charge in [0, 0.05) is 24.5 Å². The first-order valence-corrected chi connectivity index (χ1v) is 16.4. The lowest BCUT2D eigenvalue weighted by molar-refractivity contribution is -0.153. The number of rotatable bonds is 7. The van der Waals surface area contributed by atoms with Crippen molar-refractivity contribution in [3.63, 3.8) is 0 Å². The van der Waals surface area contributed by atoms with Crippen LogP contribution in [0.5, 0.6) is 0 Å². The summed E-state index contributed by atoms with van der Waals surface area (Å²) in [6.45, 7) is 5.38. The van der Waals surface area contributed by atoms with E-state index in [2.05, 4.69) is 15.3 Å². The number of aromatic nitrogens is 2. The summed E-state index contributed by atoms with van der Waals surface area (Å²) in [6, 6.07) is 17.1. The van der Waals surface area contributed by atoms with Crippen LogP contribution in [0, 0.1) is 0 Å². The van der Waals surface area contributed by atoms with E-state index < -0.39 is 51.9 Å². The second kappa shape index (κ2) is 12.9. The third-order valence-electron chi connectivity index (χ3n) is 7.75. The summed E-state index contributed by atoms with van der Waals surface area (Å²) in [6.07, 6.45) is 4.64. The number of β-lactam (4-membered cyclic amide) rings is 1. The van der Waals surface area contributed by atoms with Crippen LogP contribution in [0.25, 0.3) is 0 Å². The van der Waals surface area contributed by atoms with Gasteiger partial charge in [-0.3, -0.25) is 28.6 Å². The number of carbonyl (C=O) groups excluding carboxylic acids is 4. The van der Waals surface area contributed by atoms with Gasteiger partial charge < -0.3 is 14.8 Å². The van der Waals surface area contributed by atoms with Crippen LogP contribution < -0.4 is 10.2 Å². The lowest BCUT2D eigenvalue weighted by atomic mass is 10.00. The molecule has 6 rings (SSSR count). The van der Waals surface area contributed by atoms with Crippen molar-refractivity contribution in [2.24, 2.45) is 0 Å². The highest BCUT2D eigenvalue weighted by Crippen LogP contribution is 2.38. The van der Waals surface area contributed by atoms with Crippen molar-refractivity contribution in [1.29, 1.82) is 0 Å². The van der Waals surface area contributed by atoms with E-state index in [0.717, 1.165) is 4.90 Å². The number of ether oxygens (including phenoxy) is 2. The highest BCUT2D eigenvalue weighted by molar-refractivity contribution is 7.86. The largest absolute Gasteiger partial charge is 0.448 e. The SMILES string of the molecule is CC(C)(C)OC(=O)N[C@@H]1C(=O)N2C(C(=O)OC(c3ccccc3)c3ccccc3)=C(/C=C3\CCN(c4cnccn4)C3=O)C[S@](=O)[C@H]12. The normalized spacial score (nSPS) is 21.9. The van der Waals surface area contributed by atoms with Crippen LogP contribution in [0.15, 0.2) is 102 Å². The van der Waals surface area contributed by atoms with E-state index in [1.165, 1.54) is 29.6 Å². The molecule has 3 aromatic rings. The van der Waals surface area contributed by atoms with Gasteiger partial charge in [-0.25, -0.2) is 14.6 Å². The van der Waals surface area contributed by atoms with Crippen molar-refractivity contribution in [2.75, 3.05) is 17.2 Å². The molecule has 242 valence electrons. The van der Waals surface area contributed by atoms with Gasteiger partial charge in [0.05, 0.1) is 22.7 Å². The Morgan fingerprint density at radius 2 is 1.68 bits per heavy atom. The maximum atomic E-state index is 14.2. The van der Waals surface area contributed by atoms with E-state index in [-0.39, 0.29) is 22.9 Å². The average Bonchev–Trinajstić information content (AvgIpc) is 3.41. The molecule has 1 aromatic heterocycles. The van der Waals surface area contributed by atoms with Gasteiger partial charge in [0.15, 0.2) is 11.9 Å². The Bertz CT molecular complexity index is 1750. The number of alkyl carbamates (subject to hydrolysis) is 1. The second-order valence-electron chi connectivity index (χ2n) is 12.2. The predicted octanol–water partition coefficient (Wildman–Crippen LogP) is 3.55. The minimum absolute atomic E-state index is 0.128. The summed E-state index contributed by atoms with van der Waals surface area (Å²) in [5, 5.41) is 1.47. The molecule has 2 aromatic carbocycles. The molecule has 2 saturated heterocycles. The van der Waals surface area contributed by atoms with Crippen LogP contribution in [-0.4, -0.2) is 72.3 Å². The average molecular weight is 656 g/mol. The summed E-state index contributed by atoms with van der Waals surface area (Å²) in [5.74, 6) is -1.61. The fraction of sp³-hybridized carbons (Fsp3) is 0.294. The van der Waals surface area contributed by atoms with Gasteiger partial charge in [-0.2, -0.15) is 0 Å². The quantitative estimate of drug-likeness (QED) is 0.229. The molecule has 12 nitrogen and oxygen atoms in total. The molecule has 3 amide bonds. The molecule has 0 saturated carbocycles. The first kappa shape index (κ1) is 31.8. The van der Waals surface area contributed by atoms with E-state index >= 15 is 0 Å². The zero-order valence-electron chi connectivity index (χ0n) is 26.0. The van der Waals surface area contributed by atoms with Gasteiger partial charge in [0.2, 0.25) is 0 Å². The van der Waals surface area contributed by atoms with Crippen LogP contribution in [0.2, 0.25) is 0 Å². The molecule has 3 aliphatic heterocycles. The highest BCUT2D eigenvalue weighted by atomic mass is 32.2. The molecule has 0 spiro atoms. The number of allylic oxidation sites excluding steroid dienone is 1. The molecule has 1 N–H and O–H groups in total. The molecule has 0 unspecified atom stereocenters. The van der Waals surface area contributed by atoms with Crippen molar-refractivity contribution in [3.05, 3.63) is 113 Å². The van der Waals surface area contributed by atoms with Crippen molar-refractivity contribution >= 4 is 40.5 Å². The number of hydrogen-bond acceptors (Lipinski definition) is 9. The monoisotopic (exact) mass is 655 g/mol. The molecule has 0 aliphatic carbocycles. The van der Waals surface area contributed by atoms with Crippen LogP contribution in [-0.2, 0) is 34.7 Å². The summed E-state index contributed by atoms with van der Waals surface area (Å²) in [4.78, 5) is 64.7. The maximum Gasteiger partial charge on any atom is 0.408 e. The topological polar surface area (TPSA) is 148 Å². The van der Waals surface area contributed by atoms with E-state index in [1.54, 1.807) is 20.8 Å². The van der Waals surface area contributed by atoms with Gasteiger partial charge in [-0.05, 0) is 50.0 Å². The fourth-order valence-corrected chi connectivity index (χ4v) is 7.32. The van der Waals surface area contributed by atoms with Gasteiger partial charge in [-0.15, -0.1) is 0 Å². The number of anilines is 1. The second-order valence-corrected chi connectivity index (χ2v) is 13.7. The number of nitrogens with zero attached hydrogens (tertiary/aromatic N) is 4. The zero-order valence-corrected chi connectivity index (χ0v) is 26.8. The smallest absolute Gasteiger partial charge is 0.408 e. The highest BCUT2D eigenvalue weighted by Gasteiger charge is 2.58. The Labute approximate surface area is 273 Å². The Hall–Kier alpha value is -5.17. The zero-order chi connectivity index (χ0) is 33.3. The third-order valence-corrected chi connectivity index (χ3v) is 9.37. The predicted molar refractivity (Wildman–Crippen MR) is 172 cm³/mol. The van der Waals surface area contributed by atoms with Crippen molar-refractivity contribution in [3.8, 4) is 0 Å². The first-order chi connectivity index (χ1) is 22.5. The van der Waals surface area contributed by atoms with E-state index in [9.17, 15) is 23.4 Å². The molecule has 2 fully saturated rings. The molecule has 0 radical (unpaired) electrons. The summed E-state index contributed by atoms with van der Waals surface area (Å²) in [5.41, 5.74) is 1.02. The van der Waals surface area contributed by atoms with Gasteiger partial charge in [-0.1, -0.05) is 60.7 Å². The minimum atomic E-state index is -1.75. The van der Waals surface area contributed by atoms with Crippen molar-refractivity contribution in [2.45, 2.75) is 50.3 Å². The molecular weight excluding hydrogens is 622 g/mol. The molecule has 47 heavy (non-hydrogen) atoms. The van der Waals surface area contributed by atoms with Crippen LogP contribution in [0.1, 0.15) is 44.4 Å². The number of nitrogens with one attached hydrogen (secondary N) is 1. The summed E-state index contributed by atoms with van der Waals surface area (Å²) < 4.78 is 25.1. The number of benzene rings is 2. The van der Waals surface area contributed by atoms with Crippen LogP contribution in [0.4, 0.5) is 10.6 Å². The first-order valence-electron chi connectivity index (χ1n) is 15.0. The molecule has 4 heterocycles. The lowest BCUT2D eigenvalue weighted by Crippen LogP contribution is -2.73.